The molecule has 0 bridgehead atoms. The van der Waals surface area contributed by atoms with Crippen LogP contribution in [0.2, 0.25) is 0 Å². The van der Waals surface area contributed by atoms with Crippen molar-refractivity contribution in [2.45, 2.75) is 12.8 Å². The van der Waals surface area contributed by atoms with Crippen LogP contribution in [0.3, 0.4) is 0 Å². The Kier molecular flexibility index (Phi) is 2.97. The quantitative estimate of drug-likeness (QED) is 0.609. The first-order chi connectivity index (χ1) is 7.79. The van der Waals surface area contributed by atoms with Crippen LogP contribution in [0.25, 0.3) is 0 Å². The van der Waals surface area contributed by atoms with Crippen LogP contribution in [0.4, 0.5) is 0 Å². The van der Waals surface area contributed by atoms with Crippen molar-refractivity contribution in [2.24, 2.45) is 11.0 Å². The zero-order valence-electron chi connectivity index (χ0n) is 8.68. The number of nitriles is 1. The molecule has 2 rings (SSSR count). The second-order valence-corrected chi connectivity index (χ2v) is 3.74. The maximum absolute atomic E-state index is 11.2. The molecule has 0 spiro atoms. The molecule has 4 heteroatoms. The van der Waals surface area contributed by atoms with Gasteiger partial charge in [0.15, 0.2) is 0 Å². The molecule has 1 fully saturated rings. The maximum atomic E-state index is 11.2. The van der Waals surface area contributed by atoms with Crippen LogP contribution in [0.1, 0.15) is 24.0 Å². The predicted molar refractivity (Wildman–Crippen MR) is 59.6 cm³/mol. The van der Waals surface area contributed by atoms with Gasteiger partial charge in [0.25, 0.3) is 0 Å². The molecule has 1 aromatic rings. The molecular formula is C12H11N3O. The number of nitrogens with one attached hydrogen (secondary N) is 1. The van der Waals surface area contributed by atoms with Gasteiger partial charge in [-0.3, -0.25) is 4.79 Å². The SMILES string of the molecule is N#Cc1ccc(/C=N/NC(=O)C2CC2)cc1. The summed E-state index contributed by atoms with van der Waals surface area (Å²) in [6, 6.07) is 9.03. The summed E-state index contributed by atoms with van der Waals surface area (Å²) in [5.41, 5.74) is 3.95. The van der Waals surface area contributed by atoms with Gasteiger partial charge in [-0.2, -0.15) is 10.4 Å². The van der Waals surface area contributed by atoms with Gasteiger partial charge in [0.2, 0.25) is 5.91 Å². The Bertz CT molecular complexity index is 452. The third-order valence-corrected chi connectivity index (χ3v) is 2.38. The molecule has 0 aliphatic heterocycles. The number of carbonyl (C=O) groups is 1. The minimum atomic E-state index is -0.00936. The van der Waals surface area contributed by atoms with Crippen molar-refractivity contribution in [1.82, 2.24) is 5.43 Å². The topological polar surface area (TPSA) is 65.2 Å². The summed E-state index contributed by atoms with van der Waals surface area (Å²) in [5, 5.41) is 12.5. The van der Waals surface area contributed by atoms with Crippen molar-refractivity contribution in [3.63, 3.8) is 0 Å². The average Bonchev–Trinajstić information content (AvgIpc) is 3.14. The van der Waals surface area contributed by atoms with Gasteiger partial charge < -0.3 is 0 Å². The Morgan fingerprint density at radius 2 is 2.12 bits per heavy atom. The molecule has 0 unspecified atom stereocenters. The zero-order chi connectivity index (χ0) is 11.4. The normalized spacial score (nSPS) is 14.7. The Hall–Kier alpha value is -2.15. The molecule has 1 aromatic carbocycles. The van der Waals surface area contributed by atoms with Gasteiger partial charge in [-0.05, 0) is 30.5 Å². The molecular weight excluding hydrogens is 202 g/mol. The molecule has 0 heterocycles. The van der Waals surface area contributed by atoms with Gasteiger partial charge in [-0.1, -0.05) is 12.1 Å². The maximum Gasteiger partial charge on any atom is 0.243 e. The molecule has 4 nitrogen and oxygen atoms in total. The summed E-state index contributed by atoms with van der Waals surface area (Å²) >= 11 is 0. The summed E-state index contributed by atoms with van der Waals surface area (Å²) < 4.78 is 0. The van der Waals surface area contributed by atoms with E-state index in [-0.39, 0.29) is 11.8 Å². The molecule has 80 valence electrons. The van der Waals surface area contributed by atoms with Crippen LogP contribution >= 0.6 is 0 Å². The van der Waals surface area contributed by atoms with Gasteiger partial charge in [0, 0.05) is 5.92 Å². The van der Waals surface area contributed by atoms with Crippen LogP contribution in [-0.2, 0) is 4.79 Å². The van der Waals surface area contributed by atoms with Gasteiger partial charge in [-0.25, -0.2) is 5.43 Å². The van der Waals surface area contributed by atoms with E-state index < -0.39 is 0 Å². The number of hydrogen-bond acceptors (Lipinski definition) is 3. The lowest BCUT2D eigenvalue weighted by Crippen LogP contribution is -2.18. The third-order valence-electron chi connectivity index (χ3n) is 2.38. The highest BCUT2D eigenvalue weighted by molar-refractivity contribution is 5.84. The van der Waals surface area contributed by atoms with Crippen molar-refractivity contribution in [2.75, 3.05) is 0 Å². The number of carbonyl (C=O) groups excluding carboxylic acids is 1. The van der Waals surface area contributed by atoms with Crippen molar-refractivity contribution in [3.8, 4) is 6.07 Å². The highest BCUT2D eigenvalue weighted by Crippen LogP contribution is 2.28. The minimum Gasteiger partial charge on any atom is -0.273 e. The fourth-order valence-corrected chi connectivity index (χ4v) is 1.25. The standard InChI is InChI=1S/C12H11N3O/c13-7-9-1-3-10(4-2-9)8-14-15-12(16)11-5-6-11/h1-4,8,11H,5-6H2,(H,15,16)/b14-8+. The monoisotopic (exact) mass is 213 g/mol. The minimum absolute atomic E-state index is 0.00936. The van der Waals surface area contributed by atoms with Crippen LogP contribution in [0.15, 0.2) is 29.4 Å². The molecule has 0 atom stereocenters. The summed E-state index contributed by atoms with van der Waals surface area (Å²) in [7, 11) is 0. The number of nitrogens with zero attached hydrogens (tertiary/aromatic N) is 2. The molecule has 16 heavy (non-hydrogen) atoms. The largest absolute Gasteiger partial charge is 0.273 e. The first kappa shape index (κ1) is 10.4. The average molecular weight is 213 g/mol. The van der Waals surface area contributed by atoms with Gasteiger partial charge in [-0.15, -0.1) is 0 Å². The van der Waals surface area contributed by atoms with Gasteiger partial charge in [0.1, 0.15) is 0 Å². The first-order valence-electron chi connectivity index (χ1n) is 5.12. The molecule has 0 aromatic heterocycles. The number of hydrogen-bond donors (Lipinski definition) is 1. The van der Waals surface area contributed by atoms with E-state index >= 15 is 0 Å². The van der Waals surface area contributed by atoms with Crippen LogP contribution in [0, 0.1) is 17.2 Å². The Morgan fingerprint density at radius 1 is 1.44 bits per heavy atom. The number of rotatable bonds is 3. The lowest BCUT2D eigenvalue weighted by Gasteiger charge is -1.96. The van der Waals surface area contributed by atoms with E-state index in [0.29, 0.717) is 5.56 Å². The van der Waals surface area contributed by atoms with Crippen molar-refractivity contribution in [1.29, 1.82) is 5.26 Å². The van der Waals surface area contributed by atoms with E-state index in [9.17, 15) is 4.79 Å². The fourth-order valence-electron chi connectivity index (χ4n) is 1.25. The van der Waals surface area contributed by atoms with E-state index in [0.717, 1.165) is 18.4 Å². The highest BCUT2D eigenvalue weighted by Gasteiger charge is 2.29. The van der Waals surface area contributed by atoms with Crippen molar-refractivity contribution in [3.05, 3.63) is 35.4 Å². The summed E-state index contributed by atoms with van der Waals surface area (Å²) in [4.78, 5) is 11.2. The lowest BCUT2D eigenvalue weighted by atomic mass is 10.2. The van der Waals surface area contributed by atoms with E-state index in [4.69, 9.17) is 5.26 Å². The summed E-state index contributed by atoms with van der Waals surface area (Å²) in [6.45, 7) is 0. The molecule has 1 saturated carbocycles. The Labute approximate surface area is 93.6 Å². The molecule has 1 aliphatic rings. The number of hydrazone groups is 1. The lowest BCUT2D eigenvalue weighted by molar-refractivity contribution is -0.122. The third kappa shape index (κ3) is 2.67. The number of benzene rings is 1. The second kappa shape index (κ2) is 4.58. The molecule has 1 aliphatic carbocycles. The Morgan fingerprint density at radius 3 is 2.69 bits per heavy atom. The molecule has 0 saturated heterocycles. The van der Waals surface area contributed by atoms with E-state index in [1.165, 1.54) is 0 Å². The molecule has 0 radical (unpaired) electrons. The van der Waals surface area contributed by atoms with Gasteiger partial charge >= 0.3 is 0 Å². The number of amides is 1. The Balaban J connectivity index is 1.90. The fraction of sp³-hybridized carbons (Fsp3) is 0.250. The smallest absolute Gasteiger partial charge is 0.243 e. The second-order valence-electron chi connectivity index (χ2n) is 3.74. The van der Waals surface area contributed by atoms with E-state index in [1.54, 1.807) is 30.5 Å². The van der Waals surface area contributed by atoms with E-state index in [1.807, 2.05) is 6.07 Å². The van der Waals surface area contributed by atoms with Gasteiger partial charge in [0.05, 0.1) is 17.8 Å². The first-order valence-corrected chi connectivity index (χ1v) is 5.12. The molecule has 1 amide bonds. The summed E-state index contributed by atoms with van der Waals surface area (Å²) in [5.74, 6) is 0.156. The van der Waals surface area contributed by atoms with Crippen molar-refractivity contribution < 1.29 is 4.79 Å². The van der Waals surface area contributed by atoms with Crippen LogP contribution in [-0.4, -0.2) is 12.1 Å². The van der Waals surface area contributed by atoms with Crippen LogP contribution in [0.5, 0.6) is 0 Å². The van der Waals surface area contributed by atoms with Crippen molar-refractivity contribution >= 4 is 12.1 Å². The van der Waals surface area contributed by atoms with Crippen LogP contribution < -0.4 is 5.43 Å². The predicted octanol–water partition coefficient (Wildman–Crippen LogP) is 1.42. The zero-order valence-corrected chi connectivity index (χ0v) is 8.68. The van der Waals surface area contributed by atoms with E-state index in [2.05, 4.69) is 10.5 Å². The summed E-state index contributed by atoms with van der Waals surface area (Å²) in [6.07, 6.45) is 3.51. The highest BCUT2D eigenvalue weighted by atomic mass is 16.2. The molecule has 1 N–H and O–H groups in total.